The van der Waals surface area contributed by atoms with Gasteiger partial charge in [0.05, 0.1) is 6.10 Å². The van der Waals surface area contributed by atoms with E-state index < -0.39 is 0 Å². The summed E-state index contributed by atoms with van der Waals surface area (Å²) in [4.78, 5) is 2.42. The molecule has 3 nitrogen and oxygen atoms in total. The van der Waals surface area contributed by atoms with Crippen molar-refractivity contribution in [2.45, 2.75) is 58.3 Å². The fourth-order valence-electron chi connectivity index (χ4n) is 2.19. The van der Waals surface area contributed by atoms with Gasteiger partial charge < -0.3 is 10.4 Å². The largest absolute Gasteiger partial charge is 0.391 e. The maximum absolute atomic E-state index is 9.71. The lowest BCUT2D eigenvalue weighted by Gasteiger charge is -2.33. The first kappa shape index (κ1) is 12.0. The molecule has 0 aromatic heterocycles. The molecule has 0 amide bonds. The second-order valence-corrected chi connectivity index (χ2v) is 4.80. The van der Waals surface area contributed by atoms with Crippen molar-refractivity contribution in [1.82, 2.24) is 10.2 Å². The average Bonchev–Trinajstić information content (AvgIpc) is 2.46. The Morgan fingerprint density at radius 1 is 1.29 bits per heavy atom. The standard InChI is InChI=1S/C11H24N2O/c1-8(2)13(9(3)4)7-10-11(14)5-6-12-10/h8-12,14H,5-7H2,1-4H3. The highest BCUT2D eigenvalue weighted by Crippen LogP contribution is 2.12. The number of hydrogen-bond donors (Lipinski definition) is 2. The highest BCUT2D eigenvalue weighted by Gasteiger charge is 2.28. The Morgan fingerprint density at radius 3 is 2.21 bits per heavy atom. The molecule has 0 spiro atoms. The van der Waals surface area contributed by atoms with Crippen LogP contribution < -0.4 is 5.32 Å². The maximum atomic E-state index is 9.71. The highest BCUT2D eigenvalue weighted by molar-refractivity contribution is 4.87. The van der Waals surface area contributed by atoms with Crippen molar-refractivity contribution in [3.63, 3.8) is 0 Å². The van der Waals surface area contributed by atoms with E-state index in [0.717, 1.165) is 19.5 Å². The smallest absolute Gasteiger partial charge is 0.0717 e. The van der Waals surface area contributed by atoms with E-state index in [9.17, 15) is 5.11 Å². The normalized spacial score (nSPS) is 28.3. The van der Waals surface area contributed by atoms with Crippen LogP contribution in [0, 0.1) is 0 Å². The molecular formula is C11H24N2O. The Morgan fingerprint density at radius 2 is 1.86 bits per heavy atom. The Labute approximate surface area is 87.5 Å². The van der Waals surface area contributed by atoms with Gasteiger partial charge in [-0.25, -0.2) is 0 Å². The summed E-state index contributed by atoms with van der Waals surface area (Å²) in [6.07, 6.45) is 0.740. The Bertz CT molecular complexity index is 163. The molecule has 2 atom stereocenters. The molecule has 3 heteroatoms. The SMILES string of the molecule is CC(C)N(CC1NCCC1O)C(C)C. The second kappa shape index (κ2) is 5.10. The van der Waals surface area contributed by atoms with Crippen LogP contribution in [-0.4, -0.2) is 47.3 Å². The zero-order chi connectivity index (χ0) is 10.7. The molecule has 0 radical (unpaired) electrons. The van der Waals surface area contributed by atoms with Crippen molar-refractivity contribution in [3.8, 4) is 0 Å². The van der Waals surface area contributed by atoms with Gasteiger partial charge in [-0.15, -0.1) is 0 Å². The van der Waals surface area contributed by atoms with Gasteiger partial charge in [0.15, 0.2) is 0 Å². The van der Waals surface area contributed by atoms with Crippen molar-refractivity contribution in [2.75, 3.05) is 13.1 Å². The molecule has 84 valence electrons. The minimum Gasteiger partial charge on any atom is -0.391 e. The molecule has 0 aliphatic carbocycles. The first-order valence-corrected chi connectivity index (χ1v) is 5.69. The van der Waals surface area contributed by atoms with Crippen LogP contribution >= 0.6 is 0 Å². The number of nitrogens with one attached hydrogen (secondary N) is 1. The summed E-state index contributed by atoms with van der Waals surface area (Å²) in [5.74, 6) is 0. The van der Waals surface area contributed by atoms with Gasteiger partial charge in [0.2, 0.25) is 0 Å². The molecule has 1 saturated heterocycles. The number of rotatable bonds is 4. The van der Waals surface area contributed by atoms with Crippen molar-refractivity contribution in [2.24, 2.45) is 0 Å². The van der Waals surface area contributed by atoms with Gasteiger partial charge in [-0.2, -0.15) is 0 Å². The van der Waals surface area contributed by atoms with E-state index in [4.69, 9.17) is 0 Å². The molecule has 1 fully saturated rings. The molecule has 1 aliphatic heterocycles. The van der Waals surface area contributed by atoms with Crippen LogP contribution in [0.5, 0.6) is 0 Å². The number of nitrogens with zero attached hydrogens (tertiary/aromatic N) is 1. The topological polar surface area (TPSA) is 35.5 Å². The molecule has 0 saturated carbocycles. The predicted octanol–water partition coefficient (Wildman–Crippen LogP) is 0.828. The second-order valence-electron chi connectivity index (χ2n) is 4.80. The first-order valence-electron chi connectivity index (χ1n) is 5.69. The van der Waals surface area contributed by atoms with Gasteiger partial charge in [0.25, 0.3) is 0 Å². The molecule has 14 heavy (non-hydrogen) atoms. The monoisotopic (exact) mass is 200 g/mol. The Kier molecular flexibility index (Phi) is 4.35. The maximum Gasteiger partial charge on any atom is 0.0717 e. The molecule has 0 bridgehead atoms. The summed E-state index contributed by atoms with van der Waals surface area (Å²) in [6, 6.07) is 1.36. The van der Waals surface area contributed by atoms with Crippen LogP contribution in [0.3, 0.4) is 0 Å². The molecule has 0 aromatic carbocycles. The van der Waals surface area contributed by atoms with Gasteiger partial charge in [0.1, 0.15) is 0 Å². The number of hydrogen-bond acceptors (Lipinski definition) is 3. The van der Waals surface area contributed by atoms with Gasteiger partial charge in [-0.05, 0) is 40.7 Å². The van der Waals surface area contributed by atoms with Crippen LogP contribution in [0.1, 0.15) is 34.1 Å². The third kappa shape index (κ3) is 2.94. The zero-order valence-corrected chi connectivity index (χ0v) is 9.83. The fraction of sp³-hybridized carbons (Fsp3) is 1.00. The molecule has 2 unspecified atom stereocenters. The van der Waals surface area contributed by atoms with Crippen molar-refractivity contribution in [3.05, 3.63) is 0 Å². The van der Waals surface area contributed by atoms with E-state index in [1.807, 2.05) is 0 Å². The van der Waals surface area contributed by atoms with Crippen LogP contribution in [0.15, 0.2) is 0 Å². The van der Waals surface area contributed by atoms with Gasteiger partial charge in [-0.3, -0.25) is 4.90 Å². The molecule has 1 rings (SSSR count). The van der Waals surface area contributed by atoms with Gasteiger partial charge in [0, 0.05) is 24.7 Å². The van der Waals surface area contributed by atoms with E-state index in [0.29, 0.717) is 12.1 Å². The lowest BCUT2D eigenvalue weighted by molar-refractivity contribution is 0.102. The lowest BCUT2D eigenvalue weighted by Crippen LogP contribution is -2.48. The van der Waals surface area contributed by atoms with Crippen molar-refractivity contribution < 1.29 is 5.11 Å². The minimum atomic E-state index is -0.157. The third-order valence-corrected chi connectivity index (χ3v) is 3.05. The van der Waals surface area contributed by atoms with Crippen LogP contribution in [0.25, 0.3) is 0 Å². The van der Waals surface area contributed by atoms with Crippen LogP contribution in [-0.2, 0) is 0 Å². The highest BCUT2D eigenvalue weighted by atomic mass is 16.3. The average molecular weight is 200 g/mol. The molecular weight excluding hydrogens is 176 g/mol. The van der Waals surface area contributed by atoms with E-state index in [-0.39, 0.29) is 12.1 Å². The van der Waals surface area contributed by atoms with E-state index in [1.54, 1.807) is 0 Å². The summed E-state index contributed by atoms with van der Waals surface area (Å²) in [5, 5.41) is 13.1. The predicted molar refractivity (Wildman–Crippen MR) is 59.4 cm³/mol. The van der Waals surface area contributed by atoms with E-state index in [1.165, 1.54) is 0 Å². The Hall–Kier alpha value is -0.120. The van der Waals surface area contributed by atoms with Crippen LogP contribution in [0.4, 0.5) is 0 Å². The lowest BCUT2D eigenvalue weighted by atomic mass is 10.1. The van der Waals surface area contributed by atoms with E-state index in [2.05, 4.69) is 37.9 Å². The molecule has 1 heterocycles. The summed E-state index contributed by atoms with van der Waals surface area (Å²) in [5.41, 5.74) is 0. The minimum absolute atomic E-state index is 0.157. The zero-order valence-electron chi connectivity index (χ0n) is 9.83. The van der Waals surface area contributed by atoms with E-state index >= 15 is 0 Å². The summed E-state index contributed by atoms with van der Waals surface area (Å²) >= 11 is 0. The fourth-order valence-corrected chi connectivity index (χ4v) is 2.19. The third-order valence-electron chi connectivity index (χ3n) is 3.05. The van der Waals surface area contributed by atoms with Crippen molar-refractivity contribution in [1.29, 1.82) is 0 Å². The molecule has 0 aromatic rings. The molecule has 1 aliphatic rings. The Balaban J connectivity index is 2.46. The summed E-state index contributed by atoms with van der Waals surface area (Å²) in [6.45, 7) is 10.7. The quantitative estimate of drug-likeness (QED) is 0.705. The van der Waals surface area contributed by atoms with Gasteiger partial charge in [-0.1, -0.05) is 0 Å². The summed E-state index contributed by atoms with van der Waals surface area (Å²) < 4.78 is 0. The molecule has 2 N–H and O–H groups in total. The first-order chi connectivity index (χ1) is 6.52. The summed E-state index contributed by atoms with van der Waals surface area (Å²) in [7, 11) is 0. The van der Waals surface area contributed by atoms with Crippen molar-refractivity contribution >= 4 is 0 Å². The van der Waals surface area contributed by atoms with Gasteiger partial charge >= 0.3 is 0 Å². The number of aliphatic hydroxyl groups excluding tert-OH is 1. The number of aliphatic hydroxyl groups is 1. The van der Waals surface area contributed by atoms with Crippen LogP contribution in [0.2, 0.25) is 0 Å².